The summed E-state index contributed by atoms with van der Waals surface area (Å²) in [4.78, 5) is 5.77. The number of aryl methyl sites for hydroxylation is 1. The van der Waals surface area contributed by atoms with Crippen LogP contribution < -0.4 is 11.1 Å². The van der Waals surface area contributed by atoms with Gasteiger partial charge >= 0.3 is 0 Å². The quantitative estimate of drug-likeness (QED) is 0.752. The lowest BCUT2D eigenvalue weighted by atomic mass is 9.92. The Morgan fingerprint density at radius 1 is 1.69 bits per heavy atom. The molecule has 1 heterocycles. The van der Waals surface area contributed by atoms with Crippen LogP contribution in [0.2, 0.25) is 0 Å². The number of anilines is 1. The minimum absolute atomic E-state index is 0.642. The van der Waals surface area contributed by atoms with Crippen LogP contribution in [0.1, 0.15) is 29.3 Å². The molecule has 72 valence electrons. The van der Waals surface area contributed by atoms with Crippen LogP contribution in [-0.4, -0.2) is 18.6 Å². The topological polar surface area (TPSA) is 50.9 Å². The summed E-state index contributed by atoms with van der Waals surface area (Å²) in [5, 5.41) is 3.96. The predicted octanol–water partition coefficient (Wildman–Crippen LogP) is 1.36. The Hall–Kier alpha value is -0.610. The van der Waals surface area contributed by atoms with Gasteiger partial charge < -0.3 is 11.1 Å². The fourth-order valence-electron chi connectivity index (χ4n) is 1.97. The number of rotatable bonds is 2. The second-order valence-electron chi connectivity index (χ2n) is 3.51. The van der Waals surface area contributed by atoms with Gasteiger partial charge in [-0.1, -0.05) is 0 Å². The van der Waals surface area contributed by atoms with E-state index in [0.717, 1.165) is 18.1 Å². The maximum Gasteiger partial charge on any atom is 0.180 e. The number of nitrogens with one attached hydrogen (secondary N) is 1. The molecule has 1 atom stereocenters. The third kappa shape index (κ3) is 1.69. The normalized spacial score (nSPS) is 21.5. The zero-order valence-corrected chi connectivity index (χ0v) is 8.66. The molecule has 0 bridgehead atoms. The van der Waals surface area contributed by atoms with Crippen LogP contribution in [-0.2, 0) is 6.42 Å². The fraction of sp³-hybridized carbons (Fsp3) is 0.667. The molecule has 1 aromatic rings. The van der Waals surface area contributed by atoms with Crippen LogP contribution in [0.3, 0.4) is 0 Å². The number of nitrogens with zero attached hydrogens (tertiary/aromatic N) is 1. The first kappa shape index (κ1) is 8.97. The highest BCUT2D eigenvalue weighted by Crippen LogP contribution is 2.36. The van der Waals surface area contributed by atoms with Gasteiger partial charge in [0.2, 0.25) is 0 Å². The number of hydrogen-bond donors (Lipinski definition) is 2. The fourth-order valence-corrected chi connectivity index (χ4v) is 2.98. The summed E-state index contributed by atoms with van der Waals surface area (Å²) in [6.07, 6.45) is 3.64. The van der Waals surface area contributed by atoms with Crippen molar-refractivity contribution in [3.63, 3.8) is 0 Å². The van der Waals surface area contributed by atoms with E-state index in [0.29, 0.717) is 5.92 Å². The Kier molecular flexibility index (Phi) is 2.51. The van der Waals surface area contributed by atoms with Crippen molar-refractivity contribution < 1.29 is 0 Å². The largest absolute Gasteiger partial charge is 0.375 e. The molecule has 4 heteroatoms. The van der Waals surface area contributed by atoms with E-state index in [-0.39, 0.29) is 0 Å². The second-order valence-corrected chi connectivity index (χ2v) is 4.57. The molecule has 0 amide bonds. The minimum Gasteiger partial charge on any atom is -0.375 e. The van der Waals surface area contributed by atoms with E-state index >= 15 is 0 Å². The predicted molar refractivity (Wildman–Crippen MR) is 56.1 cm³/mol. The molecule has 0 aromatic carbocycles. The van der Waals surface area contributed by atoms with Crippen molar-refractivity contribution in [3.05, 3.63) is 10.6 Å². The van der Waals surface area contributed by atoms with E-state index in [1.807, 2.05) is 7.05 Å². The van der Waals surface area contributed by atoms with Crippen LogP contribution in [0.4, 0.5) is 5.13 Å². The summed E-state index contributed by atoms with van der Waals surface area (Å²) < 4.78 is 0. The molecule has 0 saturated heterocycles. The lowest BCUT2D eigenvalue weighted by molar-refractivity contribution is 0.532. The number of likely N-dealkylation sites (N-methyl/N-ethyl adjacent to an activating group) is 1. The number of fused-ring (bicyclic) bond motifs is 1. The molecule has 0 radical (unpaired) electrons. The summed E-state index contributed by atoms with van der Waals surface area (Å²) in [5.41, 5.74) is 6.95. The zero-order chi connectivity index (χ0) is 9.26. The van der Waals surface area contributed by atoms with Gasteiger partial charge in [-0.3, -0.25) is 0 Å². The Balaban J connectivity index is 2.25. The Labute approximate surface area is 82.4 Å². The van der Waals surface area contributed by atoms with Gasteiger partial charge in [-0.15, -0.1) is 11.3 Å². The molecule has 3 N–H and O–H groups in total. The average molecular weight is 197 g/mol. The van der Waals surface area contributed by atoms with Crippen molar-refractivity contribution >= 4 is 16.5 Å². The molecule has 13 heavy (non-hydrogen) atoms. The van der Waals surface area contributed by atoms with E-state index in [1.165, 1.54) is 23.4 Å². The maximum absolute atomic E-state index is 5.70. The van der Waals surface area contributed by atoms with E-state index in [1.54, 1.807) is 11.3 Å². The van der Waals surface area contributed by atoms with Gasteiger partial charge in [0.25, 0.3) is 0 Å². The molecule has 2 rings (SSSR count). The van der Waals surface area contributed by atoms with Gasteiger partial charge in [-0.05, 0) is 26.3 Å². The van der Waals surface area contributed by atoms with Gasteiger partial charge in [0.1, 0.15) is 0 Å². The summed E-state index contributed by atoms with van der Waals surface area (Å²) in [5.74, 6) is 0.642. The molecular formula is C9H15N3S. The van der Waals surface area contributed by atoms with Crippen molar-refractivity contribution in [1.29, 1.82) is 0 Å². The van der Waals surface area contributed by atoms with E-state index in [4.69, 9.17) is 5.73 Å². The highest BCUT2D eigenvalue weighted by molar-refractivity contribution is 7.15. The Morgan fingerprint density at radius 3 is 3.31 bits per heavy atom. The van der Waals surface area contributed by atoms with E-state index in [9.17, 15) is 0 Å². The molecule has 1 unspecified atom stereocenters. The van der Waals surface area contributed by atoms with Crippen LogP contribution in [0.15, 0.2) is 0 Å². The number of thiazole rings is 1. The third-order valence-corrected chi connectivity index (χ3v) is 3.62. The van der Waals surface area contributed by atoms with Crippen molar-refractivity contribution in [3.8, 4) is 0 Å². The molecule has 0 aliphatic heterocycles. The number of hydrogen-bond acceptors (Lipinski definition) is 4. The molecule has 1 aliphatic rings. The highest BCUT2D eigenvalue weighted by Gasteiger charge is 2.23. The Bertz CT molecular complexity index is 295. The van der Waals surface area contributed by atoms with Gasteiger partial charge in [0.15, 0.2) is 5.13 Å². The molecule has 0 fully saturated rings. The summed E-state index contributed by atoms with van der Waals surface area (Å²) in [6, 6.07) is 0. The maximum atomic E-state index is 5.70. The van der Waals surface area contributed by atoms with Crippen molar-refractivity contribution in [1.82, 2.24) is 10.3 Å². The second kappa shape index (κ2) is 3.64. The Morgan fingerprint density at radius 2 is 2.54 bits per heavy atom. The van der Waals surface area contributed by atoms with Crippen molar-refractivity contribution in [2.24, 2.45) is 0 Å². The standard InChI is InChI=1S/C9H15N3S/c1-11-5-6-3-2-4-7-8(6)13-9(10)12-7/h6,11H,2-5H2,1H3,(H2,10,12). The smallest absolute Gasteiger partial charge is 0.180 e. The van der Waals surface area contributed by atoms with Crippen molar-refractivity contribution in [2.45, 2.75) is 25.2 Å². The SMILES string of the molecule is CNCC1CCCc2nc(N)sc21. The summed E-state index contributed by atoms with van der Waals surface area (Å²) >= 11 is 1.66. The van der Waals surface area contributed by atoms with Crippen LogP contribution in [0.25, 0.3) is 0 Å². The van der Waals surface area contributed by atoms with Gasteiger partial charge in [-0.25, -0.2) is 4.98 Å². The van der Waals surface area contributed by atoms with Crippen LogP contribution in [0, 0.1) is 0 Å². The molecule has 0 spiro atoms. The van der Waals surface area contributed by atoms with Crippen LogP contribution in [0.5, 0.6) is 0 Å². The monoisotopic (exact) mass is 197 g/mol. The third-order valence-electron chi connectivity index (χ3n) is 2.53. The van der Waals surface area contributed by atoms with E-state index in [2.05, 4.69) is 10.3 Å². The van der Waals surface area contributed by atoms with Gasteiger partial charge in [-0.2, -0.15) is 0 Å². The van der Waals surface area contributed by atoms with Gasteiger partial charge in [0.05, 0.1) is 5.69 Å². The first-order valence-electron chi connectivity index (χ1n) is 4.71. The molecule has 3 nitrogen and oxygen atoms in total. The molecular weight excluding hydrogens is 182 g/mol. The molecule has 1 aliphatic carbocycles. The lowest BCUT2D eigenvalue weighted by Crippen LogP contribution is -2.20. The van der Waals surface area contributed by atoms with Crippen LogP contribution >= 0.6 is 11.3 Å². The van der Waals surface area contributed by atoms with E-state index < -0.39 is 0 Å². The summed E-state index contributed by atoms with van der Waals surface area (Å²) in [7, 11) is 2.00. The highest BCUT2D eigenvalue weighted by atomic mass is 32.1. The number of aromatic nitrogens is 1. The molecule has 0 saturated carbocycles. The first-order chi connectivity index (χ1) is 6.31. The first-order valence-corrected chi connectivity index (χ1v) is 5.52. The molecule has 1 aromatic heterocycles. The zero-order valence-electron chi connectivity index (χ0n) is 7.84. The summed E-state index contributed by atoms with van der Waals surface area (Å²) in [6.45, 7) is 1.05. The number of nitrogens with two attached hydrogens (primary N) is 1. The average Bonchev–Trinajstić information content (AvgIpc) is 2.47. The van der Waals surface area contributed by atoms with Gasteiger partial charge in [0, 0.05) is 17.3 Å². The lowest BCUT2D eigenvalue weighted by Gasteiger charge is -2.20. The number of nitrogen functional groups attached to an aromatic ring is 1. The minimum atomic E-state index is 0.642. The van der Waals surface area contributed by atoms with Crippen molar-refractivity contribution in [2.75, 3.05) is 19.3 Å².